The van der Waals surface area contributed by atoms with Gasteiger partial charge in [0, 0.05) is 25.8 Å². The van der Waals surface area contributed by atoms with Crippen LogP contribution in [0.2, 0.25) is 0 Å². The summed E-state index contributed by atoms with van der Waals surface area (Å²) in [6.07, 6.45) is 7.26. The van der Waals surface area contributed by atoms with E-state index in [1.165, 1.54) is 0 Å². The lowest BCUT2D eigenvalue weighted by Crippen LogP contribution is -2.41. The Kier molecular flexibility index (Phi) is 4.19. The minimum absolute atomic E-state index is 0.0283. The quantitative estimate of drug-likeness (QED) is 0.764. The number of fused-ring (bicyclic) bond motifs is 1. The number of carbonyl (C=O) groups excluding carboxylic acids is 1. The summed E-state index contributed by atoms with van der Waals surface area (Å²) in [6.45, 7) is 2.05. The van der Waals surface area contributed by atoms with Crippen LogP contribution in [0.4, 0.5) is 0 Å². The van der Waals surface area contributed by atoms with Crippen molar-refractivity contribution in [1.82, 2.24) is 29.5 Å². The van der Waals surface area contributed by atoms with Crippen LogP contribution in [0.1, 0.15) is 28.9 Å². The summed E-state index contributed by atoms with van der Waals surface area (Å²) < 4.78 is 3.47. The Bertz CT molecular complexity index is 886. The number of piperidine rings is 1. The van der Waals surface area contributed by atoms with Crippen molar-refractivity contribution < 1.29 is 9.90 Å². The molecular formula is C17H20N6O2. The minimum Gasteiger partial charge on any atom is -0.390 e. The lowest BCUT2D eigenvalue weighted by Gasteiger charge is -2.32. The van der Waals surface area contributed by atoms with E-state index in [0.717, 1.165) is 24.9 Å². The highest BCUT2D eigenvalue weighted by molar-refractivity contribution is 6.00. The third-order valence-corrected chi connectivity index (χ3v) is 4.66. The maximum atomic E-state index is 12.9. The molecule has 0 aromatic carbocycles. The summed E-state index contributed by atoms with van der Waals surface area (Å²) in [7, 11) is 0. The zero-order chi connectivity index (χ0) is 17.2. The van der Waals surface area contributed by atoms with Crippen molar-refractivity contribution in [3.05, 3.63) is 48.0 Å². The van der Waals surface area contributed by atoms with Gasteiger partial charge < -0.3 is 10.0 Å². The highest BCUT2D eigenvalue weighted by Crippen LogP contribution is 2.21. The standard InChI is InChI=1S/C17H20N6O2/c24-12-14-11-22(20-19-14)10-13-4-3-6-21(9-13)17(25)15-8-18-23-7-2-1-5-16(15)23/h1-2,5,7-8,11,13,24H,3-4,6,9-10,12H2/t13-/m0/s1. The molecule has 8 heteroatoms. The number of carbonyl (C=O) groups is 1. The third kappa shape index (κ3) is 3.12. The highest BCUT2D eigenvalue weighted by atomic mass is 16.3. The van der Waals surface area contributed by atoms with E-state index in [1.54, 1.807) is 21.6 Å². The summed E-state index contributed by atoms with van der Waals surface area (Å²) in [5, 5.41) is 21.3. The lowest BCUT2D eigenvalue weighted by atomic mass is 9.97. The zero-order valence-electron chi connectivity index (χ0n) is 13.8. The Morgan fingerprint density at radius 3 is 3.12 bits per heavy atom. The third-order valence-electron chi connectivity index (χ3n) is 4.66. The van der Waals surface area contributed by atoms with Crippen molar-refractivity contribution >= 4 is 11.4 Å². The molecule has 4 rings (SSSR count). The number of amides is 1. The molecule has 3 aromatic heterocycles. The minimum atomic E-state index is -0.107. The summed E-state index contributed by atoms with van der Waals surface area (Å²) >= 11 is 0. The second kappa shape index (κ2) is 6.64. The first-order chi connectivity index (χ1) is 12.2. The van der Waals surface area contributed by atoms with Crippen molar-refractivity contribution in [3.8, 4) is 0 Å². The Hall–Kier alpha value is -2.74. The van der Waals surface area contributed by atoms with E-state index in [-0.39, 0.29) is 12.5 Å². The monoisotopic (exact) mass is 340 g/mol. The molecule has 1 saturated heterocycles. The summed E-state index contributed by atoms with van der Waals surface area (Å²) in [5.74, 6) is 0.355. The van der Waals surface area contributed by atoms with E-state index in [0.29, 0.717) is 30.3 Å². The second-order valence-electron chi connectivity index (χ2n) is 6.44. The van der Waals surface area contributed by atoms with Crippen LogP contribution in [0, 0.1) is 5.92 Å². The van der Waals surface area contributed by atoms with E-state index in [1.807, 2.05) is 29.3 Å². The Balaban J connectivity index is 1.47. The van der Waals surface area contributed by atoms with Gasteiger partial charge >= 0.3 is 0 Å². The van der Waals surface area contributed by atoms with Crippen LogP contribution >= 0.6 is 0 Å². The molecule has 0 saturated carbocycles. The van der Waals surface area contributed by atoms with Crippen LogP contribution in [0.15, 0.2) is 36.8 Å². The average molecular weight is 340 g/mol. The maximum absolute atomic E-state index is 12.9. The van der Waals surface area contributed by atoms with Crippen LogP contribution in [0.25, 0.3) is 5.52 Å². The van der Waals surface area contributed by atoms with Gasteiger partial charge in [-0.25, -0.2) is 4.52 Å². The molecule has 0 bridgehead atoms. The molecule has 3 aromatic rings. The van der Waals surface area contributed by atoms with Gasteiger partial charge in [-0.15, -0.1) is 5.10 Å². The van der Waals surface area contributed by atoms with Gasteiger partial charge in [0.2, 0.25) is 0 Å². The SMILES string of the molecule is O=C(c1cnn2ccccc12)N1CCC[C@H](Cn2cc(CO)nn2)C1. The highest BCUT2D eigenvalue weighted by Gasteiger charge is 2.26. The van der Waals surface area contributed by atoms with Gasteiger partial charge in [-0.05, 0) is 30.9 Å². The largest absolute Gasteiger partial charge is 0.390 e. The fraction of sp³-hybridized carbons (Fsp3) is 0.412. The van der Waals surface area contributed by atoms with Crippen LogP contribution in [0.5, 0.6) is 0 Å². The number of rotatable bonds is 4. The van der Waals surface area contributed by atoms with Crippen molar-refractivity contribution in [2.45, 2.75) is 26.0 Å². The van der Waals surface area contributed by atoms with Crippen molar-refractivity contribution in [2.24, 2.45) is 5.92 Å². The molecule has 1 amide bonds. The van der Waals surface area contributed by atoms with Gasteiger partial charge in [-0.2, -0.15) is 5.10 Å². The number of aliphatic hydroxyl groups is 1. The van der Waals surface area contributed by atoms with Crippen LogP contribution in [0.3, 0.4) is 0 Å². The molecule has 25 heavy (non-hydrogen) atoms. The molecule has 0 radical (unpaired) electrons. The Labute approximate surface area is 144 Å². The van der Waals surface area contributed by atoms with Gasteiger partial charge in [0.05, 0.1) is 30.1 Å². The number of nitrogens with zero attached hydrogens (tertiary/aromatic N) is 6. The Morgan fingerprint density at radius 1 is 1.36 bits per heavy atom. The first-order valence-corrected chi connectivity index (χ1v) is 8.46. The lowest BCUT2D eigenvalue weighted by molar-refractivity contribution is 0.0661. The normalized spacial score (nSPS) is 18.0. The fourth-order valence-corrected chi connectivity index (χ4v) is 3.43. The number of aliphatic hydroxyl groups excluding tert-OH is 1. The maximum Gasteiger partial charge on any atom is 0.257 e. The molecule has 1 atom stereocenters. The van der Waals surface area contributed by atoms with Crippen molar-refractivity contribution in [3.63, 3.8) is 0 Å². The van der Waals surface area contributed by atoms with Gasteiger partial charge in [-0.1, -0.05) is 11.3 Å². The van der Waals surface area contributed by atoms with E-state index < -0.39 is 0 Å². The summed E-state index contributed by atoms with van der Waals surface area (Å²) in [4.78, 5) is 14.8. The number of hydrogen-bond donors (Lipinski definition) is 1. The van der Waals surface area contributed by atoms with E-state index in [9.17, 15) is 4.79 Å². The van der Waals surface area contributed by atoms with Crippen molar-refractivity contribution in [2.75, 3.05) is 13.1 Å². The van der Waals surface area contributed by atoms with Gasteiger partial charge in [0.15, 0.2) is 0 Å². The molecule has 1 N–H and O–H groups in total. The predicted molar refractivity (Wildman–Crippen MR) is 89.8 cm³/mol. The fourth-order valence-electron chi connectivity index (χ4n) is 3.43. The van der Waals surface area contributed by atoms with Gasteiger partial charge in [0.1, 0.15) is 5.69 Å². The molecule has 1 fully saturated rings. The average Bonchev–Trinajstić information content (AvgIpc) is 3.28. The molecule has 4 heterocycles. The zero-order valence-corrected chi connectivity index (χ0v) is 13.8. The summed E-state index contributed by atoms with van der Waals surface area (Å²) in [6, 6.07) is 5.72. The van der Waals surface area contributed by atoms with Crippen molar-refractivity contribution in [1.29, 1.82) is 0 Å². The topological polar surface area (TPSA) is 88.6 Å². The van der Waals surface area contributed by atoms with E-state index in [4.69, 9.17) is 5.11 Å². The van der Waals surface area contributed by atoms with Gasteiger partial charge in [0.25, 0.3) is 5.91 Å². The van der Waals surface area contributed by atoms with Crippen LogP contribution in [-0.4, -0.2) is 53.6 Å². The number of pyridine rings is 1. The van der Waals surface area contributed by atoms with Crippen LogP contribution < -0.4 is 0 Å². The van der Waals surface area contributed by atoms with E-state index in [2.05, 4.69) is 15.4 Å². The molecule has 1 aliphatic heterocycles. The molecule has 0 spiro atoms. The molecule has 0 aliphatic carbocycles. The van der Waals surface area contributed by atoms with E-state index >= 15 is 0 Å². The first kappa shape index (κ1) is 15.8. The molecular weight excluding hydrogens is 320 g/mol. The molecule has 8 nitrogen and oxygen atoms in total. The number of aromatic nitrogens is 5. The number of hydrogen-bond acceptors (Lipinski definition) is 5. The molecule has 0 unspecified atom stereocenters. The molecule has 1 aliphatic rings. The van der Waals surface area contributed by atoms with Crippen LogP contribution in [-0.2, 0) is 13.2 Å². The smallest absolute Gasteiger partial charge is 0.257 e. The second-order valence-corrected chi connectivity index (χ2v) is 6.44. The predicted octanol–water partition coefficient (Wildman–Crippen LogP) is 0.970. The summed E-state index contributed by atoms with van der Waals surface area (Å²) in [5.41, 5.74) is 2.04. The first-order valence-electron chi connectivity index (χ1n) is 8.46. The molecule has 130 valence electrons. The number of likely N-dealkylation sites (tertiary alicyclic amines) is 1. The van der Waals surface area contributed by atoms with Gasteiger partial charge in [-0.3, -0.25) is 9.48 Å². The Morgan fingerprint density at radius 2 is 2.28 bits per heavy atom.